The molecule has 3 heterocycles. The van der Waals surface area contributed by atoms with Crippen LogP contribution in [0.2, 0.25) is 0 Å². The van der Waals surface area contributed by atoms with Gasteiger partial charge in [-0.15, -0.1) is 0 Å². The molecule has 0 radical (unpaired) electrons. The first-order chi connectivity index (χ1) is 35.6. The molecule has 0 bridgehead atoms. The first kappa shape index (κ1) is 44.2. The molecule has 0 saturated heterocycles. The lowest BCUT2D eigenvalue weighted by Gasteiger charge is -2.45. The van der Waals surface area contributed by atoms with E-state index in [0.717, 1.165) is 95.6 Å². The Bertz CT molecular complexity index is 3830. The number of hydrogen-bond acceptors (Lipinski definition) is 5. The van der Waals surface area contributed by atoms with Crippen molar-refractivity contribution in [3.05, 3.63) is 245 Å². The standard InChI is InChI=1S/C67H55BN4O/c1-42-12-25-49(26-13-42)69(50-27-14-43(2)15-28-50)55-39-60-65-61(40-55)72(54-35-22-47(6)23-36-54)62-41-59(70(51-29-16-44(3)17-30-51)52-31-18-45(4)19-32-52)64-56-10-8-9-11-63(56)73-67(64)66(62)68(65)57-38-48(7)24-37-58(57)71(60)53-33-20-46(5)21-34-53/h8-41H,1-7H3. The Morgan fingerprint density at radius 2 is 0.767 bits per heavy atom. The second-order valence-corrected chi connectivity index (χ2v) is 20.4. The van der Waals surface area contributed by atoms with Crippen LogP contribution in [0.3, 0.4) is 0 Å². The fourth-order valence-electron chi connectivity index (χ4n) is 11.3. The van der Waals surface area contributed by atoms with E-state index >= 15 is 0 Å². The van der Waals surface area contributed by atoms with Gasteiger partial charge in [-0.3, -0.25) is 0 Å². The van der Waals surface area contributed by atoms with Gasteiger partial charge in [0.05, 0.1) is 16.8 Å². The van der Waals surface area contributed by atoms with Crippen molar-refractivity contribution in [2.45, 2.75) is 48.5 Å². The molecule has 0 spiro atoms. The molecule has 13 rings (SSSR count). The number of aryl methyl sites for hydroxylation is 7. The summed E-state index contributed by atoms with van der Waals surface area (Å²) in [4.78, 5) is 9.90. The Morgan fingerprint density at radius 1 is 0.356 bits per heavy atom. The molecule has 1 aromatic heterocycles. The van der Waals surface area contributed by atoms with E-state index in [0.29, 0.717) is 0 Å². The summed E-state index contributed by atoms with van der Waals surface area (Å²) in [5, 5.41) is 2.16. The third-order valence-corrected chi connectivity index (χ3v) is 15.1. The minimum atomic E-state index is -0.205. The van der Waals surface area contributed by atoms with Crippen molar-refractivity contribution in [3.63, 3.8) is 0 Å². The Balaban J connectivity index is 1.21. The second-order valence-electron chi connectivity index (χ2n) is 20.4. The Hall–Kier alpha value is -8.74. The van der Waals surface area contributed by atoms with Crippen LogP contribution in [-0.4, -0.2) is 6.71 Å². The van der Waals surface area contributed by atoms with E-state index in [1.165, 1.54) is 49.9 Å². The molecule has 0 unspecified atom stereocenters. The summed E-state index contributed by atoms with van der Waals surface area (Å²) < 4.78 is 7.46. The lowest BCUT2D eigenvalue weighted by atomic mass is 9.33. The summed E-state index contributed by atoms with van der Waals surface area (Å²) in [6, 6.07) is 76.8. The maximum Gasteiger partial charge on any atom is 0.257 e. The van der Waals surface area contributed by atoms with Gasteiger partial charge in [-0.1, -0.05) is 142 Å². The Morgan fingerprint density at radius 3 is 1.26 bits per heavy atom. The molecule has 5 nitrogen and oxygen atoms in total. The van der Waals surface area contributed by atoms with Crippen molar-refractivity contribution in [2.75, 3.05) is 19.6 Å². The lowest BCUT2D eigenvalue weighted by Crippen LogP contribution is -2.61. The highest BCUT2D eigenvalue weighted by molar-refractivity contribution is 7.01. The van der Waals surface area contributed by atoms with Crippen LogP contribution in [0.15, 0.2) is 211 Å². The number of nitrogens with zero attached hydrogens (tertiary/aromatic N) is 4. The third-order valence-electron chi connectivity index (χ3n) is 15.1. The molecule has 0 amide bonds. The molecule has 0 aliphatic carbocycles. The number of anilines is 12. The van der Waals surface area contributed by atoms with E-state index < -0.39 is 0 Å². The molecular weight excluding hydrogens is 888 g/mol. The molecule has 2 aliphatic rings. The highest BCUT2D eigenvalue weighted by atomic mass is 16.3. The maximum absolute atomic E-state index is 7.46. The van der Waals surface area contributed by atoms with Crippen LogP contribution < -0.4 is 36.0 Å². The average molecular weight is 943 g/mol. The van der Waals surface area contributed by atoms with Crippen LogP contribution in [0.25, 0.3) is 21.9 Å². The van der Waals surface area contributed by atoms with Crippen molar-refractivity contribution in [3.8, 4) is 0 Å². The average Bonchev–Trinajstić information content (AvgIpc) is 3.80. The van der Waals surface area contributed by atoms with Gasteiger partial charge in [-0.25, -0.2) is 0 Å². The van der Waals surface area contributed by atoms with Crippen LogP contribution in [0.1, 0.15) is 38.9 Å². The Kier molecular flexibility index (Phi) is 10.4. The topological polar surface area (TPSA) is 26.1 Å². The quantitative estimate of drug-likeness (QED) is 0.141. The van der Waals surface area contributed by atoms with Crippen molar-refractivity contribution in [1.82, 2.24) is 0 Å². The van der Waals surface area contributed by atoms with Gasteiger partial charge in [-0.05, 0) is 168 Å². The number of benzene rings is 10. The molecule has 0 atom stereocenters. The van der Waals surface area contributed by atoms with E-state index in [4.69, 9.17) is 4.42 Å². The zero-order valence-corrected chi connectivity index (χ0v) is 42.4. The highest BCUT2D eigenvalue weighted by Crippen LogP contribution is 2.52. The molecule has 0 N–H and O–H groups in total. The second kappa shape index (κ2) is 17.2. The van der Waals surface area contributed by atoms with Gasteiger partial charge in [0.15, 0.2) is 0 Å². The van der Waals surface area contributed by atoms with Crippen LogP contribution in [-0.2, 0) is 0 Å². The van der Waals surface area contributed by atoms with Crippen LogP contribution in [0, 0.1) is 48.5 Å². The maximum atomic E-state index is 7.46. The molecule has 6 heteroatoms. The number of fused-ring (bicyclic) bond motifs is 8. The normalized spacial score (nSPS) is 12.5. The van der Waals surface area contributed by atoms with Gasteiger partial charge < -0.3 is 24.0 Å². The largest absolute Gasteiger partial charge is 0.456 e. The van der Waals surface area contributed by atoms with Gasteiger partial charge in [0.1, 0.15) is 11.2 Å². The van der Waals surface area contributed by atoms with Crippen LogP contribution >= 0.6 is 0 Å². The zero-order valence-electron chi connectivity index (χ0n) is 42.4. The van der Waals surface area contributed by atoms with Crippen LogP contribution in [0.4, 0.5) is 68.2 Å². The summed E-state index contributed by atoms with van der Waals surface area (Å²) in [7, 11) is 0. The van der Waals surface area contributed by atoms with Crippen molar-refractivity contribution >= 4 is 113 Å². The monoisotopic (exact) mass is 942 g/mol. The SMILES string of the molecule is Cc1ccc(N(c2ccc(C)cc2)c2cc3c4c(c2)N(c2ccc(C)cc2)c2cc(N(c5ccc(C)cc5)c5ccc(C)cc5)c5c(oc6ccccc65)c2B4c2cc(C)ccc2N3c2ccc(C)cc2)cc1. The lowest BCUT2D eigenvalue weighted by molar-refractivity contribution is 0.671. The van der Waals surface area contributed by atoms with Gasteiger partial charge >= 0.3 is 0 Å². The summed E-state index contributed by atoms with van der Waals surface area (Å²) in [6.07, 6.45) is 0. The minimum absolute atomic E-state index is 0.205. The van der Waals surface area contributed by atoms with Gasteiger partial charge in [-0.2, -0.15) is 0 Å². The minimum Gasteiger partial charge on any atom is -0.456 e. The molecule has 0 fully saturated rings. The van der Waals surface area contributed by atoms with E-state index in [1.807, 2.05) is 0 Å². The number of para-hydroxylation sites is 1. The molecular formula is C67H55BN4O. The summed E-state index contributed by atoms with van der Waals surface area (Å²) in [5.41, 5.74) is 26.9. The molecule has 10 aromatic carbocycles. The third kappa shape index (κ3) is 7.39. The first-order valence-corrected chi connectivity index (χ1v) is 25.4. The van der Waals surface area contributed by atoms with Gasteiger partial charge in [0, 0.05) is 62.3 Å². The van der Waals surface area contributed by atoms with E-state index in [2.05, 4.69) is 274 Å². The fraction of sp³-hybridized carbons (Fsp3) is 0.104. The molecule has 11 aromatic rings. The Labute approximate surface area is 428 Å². The van der Waals surface area contributed by atoms with Crippen LogP contribution in [0.5, 0.6) is 0 Å². The predicted molar refractivity (Wildman–Crippen MR) is 310 cm³/mol. The zero-order chi connectivity index (χ0) is 49.6. The molecule has 352 valence electrons. The smallest absolute Gasteiger partial charge is 0.257 e. The van der Waals surface area contributed by atoms with Gasteiger partial charge in [0.2, 0.25) is 0 Å². The van der Waals surface area contributed by atoms with E-state index in [-0.39, 0.29) is 6.71 Å². The van der Waals surface area contributed by atoms with E-state index in [9.17, 15) is 0 Å². The van der Waals surface area contributed by atoms with Crippen molar-refractivity contribution in [1.29, 1.82) is 0 Å². The first-order valence-electron chi connectivity index (χ1n) is 25.4. The van der Waals surface area contributed by atoms with Gasteiger partial charge in [0.25, 0.3) is 6.71 Å². The van der Waals surface area contributed by atoms with Crippen molar-refractivity contribution in [2.24, 2.45) is 0 Å². The highest BCUT2D eigenvalue weighted by Gasteiger charge is 2.46. The summed E-state index contributed by atoms with van der Waals surface area (Å²) >= 11 is 0. The summed E-state index contributed by atoms with van der Waals surface area (Å²) in [5.74, 6) is 0. The van der Waals surface area contributed by atoms with Crippen molar-refractivity contribution < 1.29 is 4.42 Å². The summed E-state index contributed by atoms with van der Waals surface area (Å²) in [6.45, 7) is 15.0. The predicted octanol–water partition coefficient (Wildman–Crippen LogP) is 16.8. The number of rotatable bonds is 8. The molecule has 2 aliphatic heterocycles. The fourth-order valence-corrected chi connectivity index (χ4v) is 11.3. The number of furan rings is 1. The molecule has 73 heavy (non-hydrogen) atoms. The number of hydrogen-bond donors (Lipinski definition) is 0. The molecule has 0 saturated carbocycles. The van der Waals surface area contributed by atoms with E-state index in [1.54, 1.807) is 0 Å².